The van der Waals surface area contributed by atoms with E-state index >= 15 is 0 Å². The first kappa shape index (κ1) is 23.9. The summed E-state index contributed by atoms with van der Waals surface area (Å²) < 4.78 is 38.9. The molecule has 2 saturated heterocycles. The Morgan fingerprint density at radius 1 is 1.06 bits per heavy atom. The normalized spacial score (nSPS) is 24.0. The molecule has 2 aliphatic heterocycles. The Hall–Kier alpha value is -4.20. The van der Waals surface area contributed by atoms with E-state index in [9.17, 15) is 37.7 Å². The lowest BCUT2D eigenvalue weighted by atomic mass is 9.81. The van der Waals surface area contributed by atoms with E-state index in [1.165, 1.54) is 30.3 Å². The fourth-order valence-electron chi connectivity index (χ4n) is 4.04. The topological polar surface area (TPSA) is 154 Å². The highest BCUT2D eigenvalue weighted by atomic mass is 19.4. The van der Waals surface area contributed by atoms with E-state index < -0.39 is 58.7 Å². The summed E-state index contributed by atoms with van der Waals surface area (Å²) in [4.78, 5) is 48.4. The van der Waals surface area contributed by atoms with E-state index in [-0.39, 0.29) is 23.5 Å². The van der Waals surface area contributed by atoms with Gasteiger partial charge in [0.05, 0.1) is 28.5 Å². The van der Waals surface area contributed by atoms with Gasteiger partial charge in [-0.25, -0.2) is 0 Å². The molecule has 2 fully saturated rings. The van der Waals surface area contributed by atoms with Gasteiger partial charge < -0.3 is 21.3 Å². The summed E-state index contributed by atoms with van der Waals surface area (Å²) in [6, 6.07) is 9.55. The maximum absolute atomic E-state index is 13.0. The number of non-ortho nitro benzene ring substituents is 1. The van der Waals surface area contributed by atoms with Crippen LogP contribution < -0.4 is 26.6 Å². The molecular weight excluding hydrogens is 473 g/mol. The van der Waals surface area contributed by atoms with Crippen molar-refractivity contribution >= 4 is 34.8 Å². The predicted octanol–water partition coefficient (Wildman–Crippen LogP) is 1.75. The van der Waals surface area contributed by atoms with Crippen molar-refractivity contribution in [1.29, 1.82) is 0 Å². The number of halogens is 3. The average Bonchev–Trinajstić information content (AvgIpc) is 2.78. The van der Waals surface area contributed by atoms with Gasteiger partial charge in [-0.3, -0.25) is 29.8 Å². The van der Waals surface area contributed by atoms with Crippen molar-refractivity contribution in [2.45, 2.75) is 25.1 Å². The fourth-order valence-corrected chi connectivity index (χ4v) is 4.04. The molecule has 2 aromatic rings. The van der Waals surface area contributed by atoms with Crippen LogP contribution in [0.4, 0.5) is 30.2 Å². The number of carbonyl (C=O) groups is 3. The molecule has 2 aromatic carbocycles. The van der Waals surface area contributed by atoms with E-state index in [0.29, 0.717) is 0 Å². The first-order chi connectivity index (χ1) is 16.5. The number of fused-ring (bicyclic) bond motifs is 1. The first-order valence-corrected chi connectivity index (χ1v) is 10.4. The van der Waals surface area contributed by atoms with Gasteiger partial charge in [0.15, 0.2) is 6.29 Å². The number of amides is 3. The Kier molecular flexibility index (Phi) is 6.30. The van der Waals surface area contributed by atoms with Crippen LogP contribution in [0.1, 0.15) is 12.0 Å². The quantitative estimate of drug-likeness (QED) is 0.315. The Labute approximate surface area is 195 Å². The van der Waals surface area contributed by atoms with Crippen LogP contribution in [0.5, 0.6) is 0 Å². The third-order valence-corrected chi connectivity index (χ3v) is 5.61. The fraction of sp³-hybridized carbons (Fsp3) is 0.286. The number of rotatable bonds is 5. The van der Waals surface area contributed by atoms with Crippen molar-refractivity contribution in [2.24, 2.45) is 11.8 Å². The number of benzene rings is 2. The lowest BCUT2D eigenvalue weighted by Crippen LogP contribution is -2.72. The third kappa shape index (κ3) is 5.32. The van der Waals surface area contributed by atoms with Crippen LogP contribution in [0, 0.1) is 22.0 Å². The lowest BCUT2D eigenvalue weighted by Gasteiger charge is -2.43. The summed E-state index contributed by atoms with van der Waals surface area (Å²) >= 11 is 0. The van der Waals surface area contributed by atoms with Gasteiger partial charge in [-0.1, -0.05) is 12.1 Å². The van der Waals surface area contributed by atoms with Crippen LogP contribution >= 0.6 is 0 Å². The maximum atomic E-state index is 13.0. The minimum atomic E-state index is -4.55. The highest BCUT2D eigenvalue weighted by Crippen LogP contribution is 2.32. The molecule has 0 spiro atoms. The standard InChI is InChI=1S/C21H19F3N6O5/c22-21(23,24)10-3-1-4-11(7-10)26-20-28-17-16(19(33)29-20)14(9-15(31)27-17)18(32)25-12-5-2-6-13(8-12)30(34)35/h1-8,14,16-17,20,26,28H,9H2,(H,25,32)(H,27,31)(H,29,33). The van der Waals surface area contributed by atoms with E-state index in [1.807, 2.05) is 0 Å². The number of nitro groups is 1. The smallest absolute Gasteiger partial charge is 0.353 e. The number of hydrogen-bond donors (Lipinski definition) is 5. The Balaban J connectivity index is 1.48. The molecule has 0 saturated carbocycles. The largest absolute Gasteiger partial charge is 0.416 e. The Morgan fingerprint density at radius 3 is 2.49 bits per heavy atom. The van der Waals surface area contributed by atoms with Crippen molar-refractivity contribution in [3.05, 3.63) is 64.2 Å². The summed E-state index contributed by atoms with van der Waals surface area (Å²) in [5.41, 5.74) is -0.938. The molecule has 4 rings (SSSR count). The molecule has 0 bridgehead atoms. The molecule has 4 atom stereocenters. The summed E-state index contributed by atoms with van der Waals surface area (Å²) in [6.45, 7) is 0. The van der Waals surface area contributed by atoms with Gasteiger partial charge >= 0.3 is 6.18 Å². The SMILES string of the molecule is O=C1CC(C(=O)Nc2cccc([N+](=O)[O-])c2)C2C(=O)NC(Nc3cccc(C(F)(F)F)c3)NC2N1. The Morgan fingerprint density at radius 2 is 1.77 bits per heavy atom. The number of nitrogens with zero attached hydrogens (tertiary/aromatic N) is 1. The molecule has 14 heteroatoms. The second kappa shape index (κ2) is 9.21. The zero-order chi connectivity index (χ0) is 25.3. The second-order valence-corrected chi connectivity index (χ2v) is 8.01. The highest BCUT2D eigenvalue weighted by Gasteiger charge is 2.48. The van der Waals surface area contributed by atoms with Crippen LogP contribution in [0.15, 0.2) is 48.5 Å². The summed E-state index contributed by atoms with van der Waals surface area (Å²) in [5.74, 6) is -3.96. The molecule has 0 aromatic heterocycles. The van der Waals surface area contributed by atoms with Crippen LogP contribution in [-0.4, -0.2) is 35.1 Å². The number of alkyl halides is 3. The van der Waals surface area contributed by atoms with Crippen molar-refractivity contribution in [1.82, 2.24) is 16.0 Å². The number of hydrogen-bond acceptors (Lipinski definition) is 7. The zero-order valence-corrected chi connectivity index (χ0v) is 17.8. The van der Waals surface area contributed by atoms with Gasteiger partial charge in [-0.2, -0.15) is 13.2 Å². The summed E-state index contributed by atoms with van der Waals surface area (Å²) in [7, 11) is 0. The molecule has 35 heavy (non-hydrogen) atoms. The summed E-state index contributed by atoms with van der Waals surface area (Å²) in [5, 5.41) is 24.2. The molecule has 5 N–H and O–H groups in total. The van der Waals surface area contributed by atoms with E-state index in [1.54, 1.807) is 0 Å². The molecule has 0 aliphatic carbocycles. The van der Waals surface area contributed by atoms with Crippen molar-refractivity contribution in [3.63, 3.8) is 0 Å². The minimum absolute atomic E-state index is 0.0678. The average molecular weight is 492 g/mol. The molecule has 2 aliphatic rings. The van der Waals surface area contributed by atoms with Gasteiger partial charge in [-0.05, 0) is 24.3 Å². The molecule has 3 amide bonds. The van der Waals surface area contributed by atoms with Crippen molar-refractivity contribution < 1.29 is 32.5 Å². The van der Waals surface area contributed by atoms with E-state index in [2.05, 4.69) is 26.6 Å². The highest BCUT2D eigenvalue weighted by molar-refractivity contribution is 6.00. The zero-order valence-electron chi connectivity index (χ0n) is 17.8. The van der Waals surface area contributed by atoms with Crippen molar-refractivity contribution in [3.8, 4) is 0 Å². The summed E-state index contributed by atoms with van der Waals surface area (Å²) in [6.07, 6.45) is -6.88. The van der Waals surface area contributed by atoms with Gasteiger partial charge in [-0.15, -0.1) is 0 Å². The molecule has 184 valence electrons. The van der Waals surface area contributed by atoms with Gasteiger partial charge in [0.1, 0.15) is 0 Å². The predicted molar refractivity (Wildman–Crippen MR) is 115 cm³/mol. The number of anilines is 2. The molecule has 0 radical (unpaired) electrons. The van der Waals surface area contributed by atoms with Gasteiger partial charge in [0.25, 0.3) is 5.69 Å². The van der Waals surface area contributed by atoms with Crippen LogP contribution in [-0.2, 0) is 20.6 Å². The monoisotopic (exact) mass is 492 g/mol. The number of carbonyl (C=O) groups excluding carboxylic acids is 3. The Bertz CT molecular complexity index is 1190. The third-order valence-electron chi connectivity index (χ3n) is 5.61. The van der Waals surface area contributed by atoms with Crippen LogP contribution in [0.2, 0.25) is 0 Å². The molecule has 4 unspecified atom stereocenters. The lowest BCUT2D eigenvalue weighted by molar-refractivity contribution is -0.384. The molecular formula is C21H19F3N6O5. The number of piperidine rings is 1. The maximum Gasteiger partial charge on any atom is 0.416 e. The van der Waals surface area contributed by atoms with Crippen molar-refractivity contribution in [2.75, 3.05) is 10.6 Å². The number of nitro benzene ring substituents is 1. The van der Waals surface area contributed by atoms with Gasteiger partial charge in [0, 0.05) is 29.9 Å². The first-order valence-electron chi connectivity index (χ1n) is 10.4. The van der Waals surface area contributed by atoms with Gasteiger partial charge in [0.2, 0.25) is 17.7 Å². The number of nitrogens with one attached hydrogen (secondary N) is 5. The second-order valence-electron chi connectivity index (χ2n) is 8.01. The minimum Gasteiger partial charge on any atom is -0.353 e. The van der Waals surface area contributed by atoms with Crippen LogP contribution in [0.3, 0.4) is 0 Å². The molecule has 11 nitrogen and oxygen atoms in total. The van der Waals surface area contributed by atoms with E-state index in [0.717, 1.165) is 18.2 Å². The molecule has 2 heterocycles. The van der Waals surface area contributed by atoms with Crippen LogP contribution in [0.25, 0.3) is 0 Å². The van der Waals surface area contributed by atoms with E-state index in [4.69, 9.17) is 0 Å².